The lowest BCUT2D eigenvalue weighted by Gasteiger charge is -2.10. The Bertz CT molecular complexity index is 1010. The second-order valence-corrected chi connectivity index (χ2v) is 5.64. The van der Waals surface area contributed by atoms with Crippen molar-refractivity contribution < 1.29 is 26.7 Å². The van der Waals surface area contributed by atoms with Gasteiger partial charge in [0.25, 0.3) is 5.91 Å². The van der Waals surface area contributed by atoms with Gasteiger partial charge in [-0.25, -0.2) is 13.8 Å². The lowest BCUT2D eigenvalue weighted by Crippen LogP contribution is -2.14. The van der Waals surface area contributed by atoms with E-state index in [1.54, 1.807) is 0 Å². The second kappa shape index (κ2) is 6.82. The molecule has 0 aliphatic heterocycles. The first-order chi connectivity index (χ1) is 12.7. The van der Waals surface area contributed by atoms with Gasteiger partial charge in [0.2, 0.25) is 0 Å². The zero-order valence-electron chi connectivity index (χ0n) is 13.8. The lowest BCUT2D eigenvalue weighted by atomic mass is 10.2. The molecule has 1 aromatic heterocycles. The number of aromatic nitrogens is 2. The number of rotatable bonds is 3. The average molecular weight is 381 g/mol. The smallest absolute Gasteiger partial charge is 0.322 e. The molecule has 1 heterocycles. The van der Waals surface area contributed by atoms with Crippen LogP contribution in [0.1, 0.15) is 21.9 Å². The summed E-state index contributed by atoms with van der Waals surface area (Å²) in [5, 5.41) is 2.34. The Labute approximate surface area is 150 Å². The van der Waals surface area contributed by atoms with Crippen molar-refractivity contribution in [2.24, 2.45) is 0 Å². The molecule has 0 unspecified atom stereocenters. The van der Waals surface area contributed by atoms with Gasteiger partial charge in [-0.05, 0) is 37.3 Å². The predicted molar refractivity (Wildman–Crippen MR) is 87.6 cm³/mol. The Balaban J connectivity index is 1.88. The Morgan fingerprint density at radius 1 is 1.07 bits per heavy atom. The minimum Gasteiger partial charge on any atom is -0.322 e. The van der Waals surface area contributed by atoms with Gasteiger partial charge in [-0.1, -0.05) is 12.1 Å². The highest BCUT2D eigenvalue weighted by Gasteiger charge is 2.34. The number of carbonyl (C=O) groups is 1. The van der Waals surface area contributed by atoms with Gasteiger partial charge in [0, 0.05) is 11.9 Å². The van der Waals surface area contributed by atoms with E-state index in [0.717, 1.165) is 16.7 Å². The molecule has 4 nitrogen and oxygen atoms in total. The Morgan fingerprint density at radius 3 is 2.37 bits per heavy atom. The third-order valence-electron chi connectivity index (χ3n) is 3.76. The minimum atomic E-state index is -4.65. The molecule has 3 rings (SSSR count). The van der Waals surface area contributed by atoms with Crippen LogP contribution in [-0.4, -0.2) is 15.5 Å². The van der Waals surface area contributed by atoms with Crippen LogP contribution in [0.15, 0.2) is 48.7 Å². The van der Waals surface area contributed by atoms with Crippen LogP contribution in [0.3, 0.4) is 0 Å². The van der Waals surface area contributed by atoms with Crippen LogP contribution in [0, 0.1) is 18.6 Å². The van der Waals surface area contributed by atoms with E-state index >= 15 is 0 Å². The number of hydrogen-bond acceptors (Lipinski definition) is 2. The SMILES string of the molecule is Cc1nc(C(F)(F)F)cn1-c1ccc(NC(=O)c2ccccc2F)cc1F. The number of hydrogen-bond donors (Lipinski definition) is 1. The molecule has 1 N–H and O–H groups in total. The molecule has 0 aliphatic carbocycles. The number of halogens is 5. The average Bonchev–Trinajstić information content (AvgIpc) is 2.97. The number of anilines is 1. The molecule has 27 heavy (non-hydrogen) atoms. The summed E-state index contributed by atoms with van der Waals surface area (Å²) in [5.74, 6) is -2.45. The van der Waals surface area contributed by atoms with Crippen molar-refractivity contribution in [1.29, 1.82) is 0 Å². The van der Waals surface area contributed by atoms with Gasteiger partial charge in [0.05, 0.1) is 11.3 Å². The molecular weight excluding hydrogens is 369 g/mol. The van der Waals surface area contributed by atoms with Gasteiger partial charge in [0.1, 0.15) is 17.5 Å². The number of imidazole rings is 1. The van der Waals surface area contributed by atoms with Crippen LogP contribution in [0.4, 0.5) is 27.6 Å². The largest absolute Gasteiger partial charge is 0.434 e. The fraction of sp³-hybridized carbons (Fsp3) is 0.111. The molecule has 0 radical (unpaired) electrons. The van der Waals surface area contributed by atoms with E-state index in [0.29, 0.717) is 6.20 Å². The standard InChI is InChI=1S/C18H12F5N3O/c1-10-24-16(18(21,22)23)9-26(10)15-7-6-11(8-14(15)20)25-17(27)12-4-2-3-5-13(12)19/h2-9H,1H3,(H,25,27). The maximum absolute atomic E-state index is 14.4. The highest BCUT2D eigenvalue weighted by Crippen LogP contribution is 2.30. The van der Waals surface area contributed by atoms with Crippen LogP contribution in [0.25, 0.3) is 5.69 Å². The number of amides is 1. The van der Waals surface area contributed by atoms with E-state index in [1.807, 2.05) is 0 Å². The zero-order chi connectivity index (χ0) is 19.8. The monoisotopic (exact) mass is 381 g/mol. The first kappa shape index (κ1) is 18.6. The minimum absolute atomic E-state index is 0.0262. The number of benzene rings is 2. The lowest BCUT2D eigenvalue weighted by molar-refractivity contribution is -0.141. The normalized spacial score (nSPS) is 11.5. The van der Waals surface area contributed by atoms with E-state index < -0.39 is 29.4 Å². The van der Waals surface area contributed by atoms with Crippen molar-refractivity contribution in [1.82, 2.24) is 9.55 Å². The van der Waals surface area contributed by atoms with E-state index in [9.17, 15) is 26.7 Å². The molecule has 0 fully saturated rings. The van der Waals surface area contributed by atoms with Crippen molar-refractivity contribution >= 4 is 11.6 Å². The highest BCUT2D eigenvalue weighted by atomic mass is 19.4. The third-order valence-corrected chi connectivity index (χ3v) is 3.76. The van der Waals surface area contributed by atoms with Crippen molar-refractivity contribution in [3.8, 4) is 5.69 Å². The maximum atomic E-state index is 14.4. The Kier molecular flexibility index (Phi) is 4.69. The van der Waals surface area contributed by atoms with Gasteiger partial charge in [0.15, 0.2) is 5.69 Å². The topological polar surface area (TPSA) is 46.9 Å². The van der Waals surface area contributed by atoms with E-state index in [4.69, 9.17) is 0 Å². The van der Waals surface area contributed by atoms with Crippen LogP contribution in [0.5, 0.6) is 0 Å². The quantitative estimate of drug-likeness (QED) is 0.667. The molecule has 9 heteroatoms. The first-order valence-corrected chi connectivity index (χ1v) is 7.66. The molecule has 1 amide bonds. The number of alkyl halides is 3. The molecule has 140 valence electrons. The first-order valence-electron chi connectivity index (χ1n) is 7.66. The third kappa shape index (κ3) is 3.81. The van der Waals surface area contributed by atoms with Crippen LogP contribution >= 0.6 is 0 Å². The number of nitrogens with zero attached hydrogens (tertiary/aromatic N) is 2. The van der Waals surface area contributed by atoms with Crippen LogP contribution < -0.4 is 5.32 Å². The predicted octanol–water partition coefficient (Wildman–Crippen LogP) is 4.73. The van der Waals surface area contributed by atoms with Crippen molar-refractivity contribution in [2.75, 3.05) is 5.32 Å². The summed E-state index contributed by atoms with van der Waals surface area (Å²) in [4.78, 5) is 15.4. The van der Waals surface area contributed by atoms with Crippen LogP contribution in [-0.2, 0) is 6.18 Å². The maximum Gasteiger partial charge on any atom is 0.434 e. The molecule has 0 bridgehead atoms. The van der Waals surface area contributed by atoms with Gasteiger partial charge < -0.3 is 9.88 Å². The highest BCUT2D eigenvalue weighted by molar-refractivity contribution is 6.04. The summed E-state index contributed by atoms with van der Waals surface area (Å²) < 4.78 is 67.2. The number of carbonyl (C=O) groups excluding carboxylic acids is 1. The molecule has 0 aliphatic rings. The summed E-state index contributed by atoms with van der Waals surface area (Å²) >= 11 is 0. The summed E-state index contributed by atoms with van der Waals surface area (Å²) in [6, 6.07) is 8.69. The molecule has 0 saturated carbocycles. The van der Waals surface area contributed by atoms with Crippen molar-refractivity contribution in [3.05, 3.63) is 77.4 Å². The van der Waals surface area contributed by atoms with Gasteiger partial charge >= 0.3 is 6.18 Å². The summed E-state index contributed by atoms with van der Waals surface area (Å²) in [6.45, 7) is 1.31. The van der Waals surface area contributed by atoms with E-state index in [-0.39, 0.29) is 22.8 Å². The Morgan fingerprint density at radius 2 is 1.78 bits per heavy atom. The number of aryl methyl sites for hydroxylation is 1. The van der Waals surface area contributed by atoms with Gasteiger partial charge in [-0.3, -0.25) is 4.79 Å². The summed E-state index contributed by atoms with van der Waals surface area (Å²) in [5.41, 5.74) is -1.50. The zero-order valence-corrected chi connectivity index (χ0v) is 13.8. The second-order valence-electron chi connectivity index (χ2n) is 5.64. The molecule has 0 spiro atoms. The van der Waals surface area contributed by atoms with Gasteiger partial charge in [-0.15, -0.1) is 0 Å². The van der Waals surface area contributed by atoms with Crippen LogP contribution in [0.2, 0.25) is 0 Å². The van der Waals surface area contributed by atoms with E-state index in [1.165, 1.54) is 37.3 Å². The summed E-state index contributed by atoms with van der Waals surface area (Å²) in [7, 11) is 0. The summed E-state index contributed by atoms with van der Waals surface area (Å²) in [6.07, 6.45) is -3.97. The molecule has 2 aromatic carbocycles. The van der Waals surface area contributed by atoms with Gasteiger partial charge in [-0.2, -0.15) is 13.2 Å². The van der Waals surface area contributed by atoms with Crippen molar-refractivity contribution in [3.63, 3.8) is 0 Å². The molecule has 0 saturated heterocycles. The molecular formula is C18H12F5N3O. The van der Waals surface area contributed by atoms with Crippen molar-refractivity contribution in [2.45, 2.75) is 13.1 Å². The fourth-order valence-electron chi connectivity index (χ4n) is 2.48. The molecule has 0 atom stereocenters. The number of nitrogens with one attached hydrogen (secondary N) is 1. The fourth-order valence-corrected chi connectivity index (χ4v) is 2.48. The Hall–Kier alpha value is -3.23. The molecule has 3 aromatic rings. The van der Waals surface area contributed by atoms with E-state index in [2.05, 4.69) is 10.3 Å².